The van der Waals surface area contributed by atoms with Crippen LogP contribution in [0.5, 0.6) is 0 Å². The van der Waals surface area contributed by atoms with Crippen LogP contribution in [0.25, 0.3) is 0 Å². The molecule has 0 aromatic heterocycles. The molecule has 1 N–H and O–H groups in total. The van der Waals surface area contributed by atoms with Crippen LogP contribution in [0.15, 0.2) is 0 Å². The van der Waals surface area contributed by atoms with Crippen molar-refractivity contribution in [1.82, 2.24) is 5.32 Å². The molecule has 1 nitrogen and oxygen atoms in total. The first-order chi connectivity index (χ1) is 9.40. The van der Waals surface area contributed by atoms with Gasteiger partial charge in [0.2, 0.25) is 0 Å². The van der Waals surface area contributed by atoms with E-state index in [2.05, 4.69) is 12.2 Å². The molecule has 0 bridgehead atoms. The van der Waals surface area contributed by atoms with Gasteiger partial charge in [-0.2, -0.15) is 0 Å². The molecule has 0 aromatic rings. The molecular formula is C18H35N. The summed E-state index contributed by atoms with van der Waals surface area (Å²) in [5.41, 5.74) is 0. The Morgan fingerprint density at radius 1 is 0.789 bits per heavy atom. The average Bonchev–Trinajstić information content (AvgIpc) is 2.82. The summed E-state index contributed by atoms with van der Waals surface area (Å²) in [6.07, 6.45) is 19.4. The number of hydrogen-bond acceptors (Lipinski definition) is 1. The number of nitrogens with one attached hydrogen (secondary N) is 1. The van der Waals surface area contributed by atoms with Crippen molar-refractivity contribution < 1.29 is 0 Å². The van der Waals surface area contributed by atoms with Crippen LogP contribution in [-0.4, -0.2) is 12.6 Å². The fraction of sp³-hybridized carbons (Fsp3) is 1.00. The van der Waals surface area contributed by atoms with Gasteiger partial charge in [-0.3, -0.25) is 0 Å². The topological polar surface area (TPSA) is 12.0 Å². The molecule has 0 aliphatic heterocycles. The van der Waals surface area contributed by atoms with Gasteiger partial charge in [0.05, 0.1) is 0 Å². The molecule has 1 atom stereocenters. The molecule has 0 heterocycles. The van der Waals surface area contributed by atoms with E-state index in [9.17, 15) is 0 Å². The van der Waals surface area contributed by atoms with Gasteiger partial charge in [0, 0.05) is 6.04 Å². The molecule has 0 saturated heterocycles. The largest absolute Gasteiger partial charge is 0.314 e. The minimum atomic E-state index is 0.825. The predicted molar refractivity (Wildman–Crippen MR) is 84.5 cm³/mol. The van der Waals surface area contributed by atoms with Crippen molar-refractivity contribution in [3.05, 3.63) is 0 Å². The van der Waals surface area contributed by atoms with E-state index >= 15 is 0 Å². The molecule has 2 fully saturated rings. The SMILES string of the molecule is CCNC(CC1CCCCCC1)C1CCCCCC1. The van der Waals surface area contributed by atoms with Crippen LogP contribution < -0.4 is 5.32 Å². The summed E-state index contributed by atoms with van der Waals surface area (Å²) in [5.74, 6) is 2.00. The zero-order valence-electron chi connectivity index (χ0n) is 13.1. The van der Waals surface area contributed by atoms with E-state index in [0.717, 1.165) is 24.4 Å². The molecule has 2 aliphatic carbocycles. The second-order valence-corrected chi connectivity index (χ2v) is 7.01. The van der Waals surface area contributed by atoms with Gasteiger partial charge in [0.25, 0.3) is 0 Å². The molecule has 0 radical (unpaired) electrons. The van der Waals surface area contributed by atoms with E-state index < -0.39 is 0 Å². The zero-order valence-corrected chi connectivity index (χ0v) is 13.1. The van der Waals surface area contributed by atoms with Crippen LogP contribution in [0.4, 0.5) is 0 Å². The highest BCUT2D eigenvalue weighted by molar-refractivity contribution is 4.81. The van der Waals surface area contributed by atoms with Crippen LogP contribution in [0.2, 0.25) is 0 Å². The van der Waals surface area contributed by atoms with E-state index in [1.165, 1.54) is 83.5 Å². The van der Waals surface area contributed by atoms with Gasteiger partial charge in [-0.15, -0.1) is 0 Å². The van der Waals surface area contributed by atoms with Crippen LogP contribution >= 0.6 is 0 Å². The van der Waals surface area contributed by atoms with Crippen molar-refractivity contribution >= 4 is 0 Å². The lowest BCUT2D eigenvalue weighted by Crippen LogP contribution is -2.37. The Bertz CT molecular complexity index is 210. The average molecular weight is 265 g/mol. The van der Waals surface area contributed by atoms with Crippen molar-refractivity contribution in [1.29, 1.82) is 0 Å². The molecule has 2 saturated carbocycles. The van der Waals surface area contributed by atoms with Crippen molar-refractivity contribution in [2.24, 2.45) is 11.8 Å². The van der Waals surface area contributed by atoms with Gasteiger partial charge < -0.3 is 5.32 Å². The highest BCUT2D eigenvalue weighted by atomic mass is 14.9. The van der Waals surface area contributed by atoms with Crippen molar-refractivity contribution in [2.75, 3.05) is 6.54 Å². The lowest BCUT2D eigenvalue weighted by molar-refractivity contribution is 0.259. The lowest BCUT2D eigenvalue weighted by Gasteiger charge is -2.30. The van der Waals surface area contributed by atoms with Crippen molar-refractivity contribution in [3.8, 4) is 0 Å². The molecule has 2 aliphatic rings. The highest BCUT2D eigenvalue weighted by Gasteiger charge is 2.25. The van der Waals surface area contributed by atoms with Gasteiger partial charge in [0.15, 0.2) is 0 Å². The van der Waals surface area contributed by atoms with Gasteiger partial charge in [-0.05, 0) is 37.6 Å². The molecule has 1 heteroatoms. The van der Waals surface area contributed by atoms with Crippen LogP contribution in [0, 0.1) is 11.8 Å². The van der Waals surface area contributed by atoms with Crippen molar-refractivity contribution in [2.45, 2.75) is 96.4 Å². The maximum absolute atomic E-state index is 3.85. The molecule has 2 rings (SSSR count). The third-order valence-electron chi connectivity index (χ3n) is 5.50. The Morgan fingerprint density at radius 2 is 1.32 bits per heavy atom. The predicted octanol–water partition coefficient (Wildman–Crippen LogP) is 5.30. The summed E-state index contributed by atoms with van der Waals surface area (Å²) >= 11 is 0. The highest BCUT2D eigenvalue weighted by Crippen LogP contribution is 2.32. The molecule has 112 valence electrons. The summed E-state index contributed by atoms with van der Waals surface area (Å²) in [6, 6.07) is 0.825. The monoisotopic (exact) mass is 265 g/mol. The van der Waals surface area contributed by atoms with Gasteiger partial charge in [-0.1, -0.05) is 71.1 Å². The Labute approximate surface area is 120 Å². The third kappa shape index (κ3) is 5.45. The maximum Gasteiger partial charge on any atom is 0.00978 e. The minimum Gasteiger partial charge on any atom is -0.314 e. The first-order valence-corrected chi connectivity index (χ1v) is 9.13. The summed E-state index contributed by atoms with van der Waals surface area (Å²) in [5, 5.41) is 3.85. The standard InChI is InChI=1S/C18H35N/c1-2-19-18(17-13-9-5-6-10-14-17)15-16-11-7-3-4-8-12-16/h16-19H,2-15H2,1H3. The Kier molecular flexibility index (Phi) is 7.27. The summed E-state index contributed by atoms with van der Waals surface area (Å²) < 4.78 is 0. The first kappa shape index (κ1) is 15.4. The Morgan fingerprint density at radius 3 is 1.84 bits per heavy atom. The lowest BCUT2D eigenvalue weighted by atomic mass is 9.83. The normalized spacial score (nSPS) is 25.7. The molecule has 0 aromatic carbocycles. The third-order valence-corrected chi connectivity index (χ3v) is 5.50. The second-order valence-electron chi connectivity index (χ2n) is 7.01. The van der Waals surface area contributed by atoms with Crippen molar-refractivity contribution in [3.63, 3.8) is 0 Å². The fourth-order valence-corrected chi connectivity index (χ4v) is 4.38. The second kappa shape index (κ2) is 9.00. The Hall–Kier alpha value is -0.0400. The van der Waals surface area contributed by atoms with E-state index in [0.29, 0.717) is 0 Å². The van der Waals surface area contributed by atoms with E-state index in [4.69, 9.17) is 0 Å². The summed E-state index contributed by atoms with van der Waals surface area (Å²) in [7, 11) is 0. The van der Waals surface area contributed by atoms with Gasteiger partial charge in [-0.25, -0.2) is 0 Å². The quantitative estimate of drug-likeness (QED) is 0.665. The zero-order chi connectivity index (χ0) is 13.3. The number of rotatable bonds is 5. The Balaban J connectivity index is 1.85. The van der Waals surface area contributed by atoms with E-state index in [1.807, 2.05) is 0 Å². The molecule has 0 amide bonds. The smallest absolute Gasteiger partial charge is 0.00978 e. The van der Waals surface area contributed by atoms with E-state index in [1.54, 1.807) is 0 Å². The van der Waals surface area contributed by atoms with Crippen LogP contribution in [0.3, 0.4) is 0 Å². The van der Waals surface area contributed by atoms with Gasteiger partial charge >= 0.3 is 0 Å². The van der Waals surface area contributed by atoms with Crippen LogP contribution in [0.1, 0.15) is 90.4 Å². The first-order valence-electron chi connectivity index (χ1n) is 9.13. The molecule has 0 spiro atoms. The maximum atomic E-state index is 3.85. The van der Waals surface area contributed by atoms with Crippen LogP contribution in [-0.2, 0) is 0 Å². The summed E-state index contributed by atoms with van der Waals surface area (Å²) in [6.45, 7) is 3.45. The molecule has 19 heavy (non-hydrogen) atoms. The number of hydrogen-bond donors (Lipinski definition) is 1. The minimum absolute atomic E-state index is 0.825. The fourth-order valence-electron chi connectivity index (χ4n) is 4.38. The van der Waals surface area contributed by atoms with Gasteiger partial charge in [0.1, 0.15) is 0 Å². The van der Waals surface area contributed by atoms with E-state index in [-0.39, 0.29) is 0 Å². The molecular weight excluding hydrogens is 230 g/mol. The molecule has 1 unspecified atom stereocenters. The summed E-state index contributed by atoms with van der Waals surface area (Å²) in [4.78, 5) is 0.